The van der Waals surface area contributed by atoms with Crippen LogP contribution in [0.1, 0.15) is 38.1 Å². The van der Waals surface area contributed by atoms with Gasteiger partial charge in [-0.05, 0) is 30.8 Å². The topological polar surface area (TPSA) is 91.8 Å². The molecule has 152 valence electrons. The van der Waals surface area contributed by atoms with Gasteiger partial charge in [-0.15, -0.1) is 0 Å². The first-order valence-corrected chi connectivity index (χ1v) is 9.50. The van der Waals surface area contributed by atoms with Crippen LogP contribution in [0, 0.1) is 0 Å². The second-order valence-electron chi connectivity index (χ2n) is 6.65. The molecule has 3 rings (SSSR count). The van der Waals surface area contributed by atoms with E-state index in [1.165, 1.54) is 25.4 Å². The van der Waals surface area contributed by atoms with Crippen molar-refractivity contribution >= 4 is 23.5 Å². The molecule has 1 aliphatic heterocycles. The highest BCUT2D eigenvalue weighted by molar-refractivity contribution is 6.08. The minimum absolute atomic E-state index is 0.189. The van der Waals surface area contributed by atoms with Crippen molar-refractivity contribution in [1.82, 2.24) is 14.8 Å². The molecule has 1 aromatic heterocycles. The van der Waals surface area contributed by atoms with E-state index in [-0.39, 0.29) is 22.7 Å². The number of amides is 2. The van der Waals surface area contributed by atoms with Gasteiger partial charge >= 0.3 is 5.97 Å². The van der Waals surface area contributed by atoms with Gasteiger partial charge in [0.05, 0.1) is 18.4 Å². The minimum Gasteiger partial charge on any atom is -0.465 e. The lowest BCUT2D eigenvalue weighted by Gasteiger charge is -2.33. The molecule has 0 bridgehead atoms. The summed E-state index contributed by atoms with van der Waals surface area (Å²) in [4.78, 5) is 45.5. The zero-order valence-corrected chi connectivity index (χ0v) is 16.6. The largest absolute Gasteiger partial charge is 0.465 e. The lowest BCUT2D eigenvalue weighted by molar-refractivity contribution is 0.0600. The summed E-state index contributed by atoms with van der Waals surface area (Å²) >= 11 is 0. The maximum Gasteiger partial charge on any atom is 0.339 e. The molecule has 0 unspecified atom stereocenters. The molecular weight excluding hydrogens is 372 g/mol. The Morgan fingerprint density at radius 1 is 1.10 bits per heavy atom. The molecule has 1 aromatic carbocycles. The average Bonchev–Trinajstić information content (AvgIpc) is 2.78. The summed E-state index contributed by atoms with van der Waals surface area (Å²) in [6.07, 6.45) is 1.44. The van der Waals surface area contributed by atoms with Crippen molar-refractivity contribution < 1.29 is 19.1 Å². The number of carbonyl (C=O) groups excluding carboxylic acids is 3. The Morgan fingerprint density at radius 3 is 2.52 bits per heavy atom. The van der Waals surface area contributed by atoms with Crippen LogP contribution in [-0.2, 0) is 4.74 Å². The number of nitrogens with one attached hydrogen (secondary N) is 1. The number of anilines is 1. The first kappa shape index (κ1) is 20.5. The summed E-state index contributed by atoms with van der Waals surface area (Å²) in [7, 11) is 1.28. The zero-order valence-electron chi connectivity index (χ0n) is 16.6. The highest BCUT2D eigenvalue weighted by Crippen LogP contribution is 2.18. The zero-order chi connectivity index (χ0) is 20.8. The van der Waals surface area contributed by atoms with Gasteiger partial charge in [0, 0.05) is 37.9 Å². The van der Waals surface area contributed by atoms with Gasteiger partial charge in [-0.25, -0.2) is 4.79 Å². The number of piperazine rings is 1. The Labute approximate surface area is 169 Å². The molecule has 8 heteroatoms. The molecule has 29 heavy (non-hydrogen) atoms. The molecule has 1 aliphatic rings. The van der Waals surface area contributed by atoms with Gasteiger partial charge in [-0.1, -0.05) is 19.1 Å². The third-order valence-electron chi connectivity index (χ3n) is 4.93. The van der Waals surface area contributed by atoms with E-state index < -0.39 is 11.9 Å². The van der Waals surface area contributed by atoms with Crippen molar-refractivity contribution in [3.8, 4) is 0 Å². The number of nitrogens with zero attached hydrogens (tertiary/aromatic N) is 3. The molecule has 0 aliphatic carbocycles. The van der Waals surface area contributed by atoms with Crippen LogP contribution in [0.2, 0.25) is 0 Å². The fraction of sp³-hybridized carbons (Fsp3) is 0.333. The van der Waals surface area contributed by atoms with Crippen LogP contribution in [0.5, 0.6) is 0 Å². The quantitative estimate of drug-likeness (QED) is 0.776. The second kappa shape index (κ2) is 9.29. The maximum absolute atomic E-state index is 12.8. The van der Waals surface area contributed by atoms with Crippen molar-refractivity contribution in [2.24, 2.45) is 0 Å². The summed E-state index contributed by atoms with van der Waals surface area (Å²) < 4.78 is 4.74. The molecule has 0 atom stereocenters. The van der Waals surface area contributed by atoms with E-state index in [1.807, 2.05) is 0 Å². The van der Waals surface area contributed by atoms with Gasteiger partial charge in [-0.2, -0.15) is 0 Å². The van der Waals surface area contributed by atoms with Crippen LogP contribution >= 0.6 is 0 Å². The van der Waals surface area contributed by atoms with Crippen LogP contribution in [0.25, 0.3) is 0 Å². The van der Waals surface area contributed by atoms with E-state index in [9.17, 15) is 14.4 Å². The van der Waals surface area contributed by atoms with Crippen LogP contribution in [0.15, 0.2) is 42.6 Å². The summed E-state index contributed by atoms with van der Waals surface area (Å²) in [6.45, 7) is 5.98. The summed E-state index contributed by atoms with van der Waals surface area (Å²) in [5.74, 6) is -1.17. The molecule has 2 heterocycles. The Kier molecular flexibility index (Phi) is 6.56. The molecule has 8 nitrogen and oxygen atoms in total. The summed E-state index contributed by atoms with van der Waals surface area (Å²) in [5, 5.41) is 2.70. The standard InChI is InChI=1S/C21H24N4O4/c1-3-24-10-12-25(13-11-24)20(27)18-14-15(8-9-22-18)19(26)23-17-7-5-4-6-16(17)21(28)29-2/h4-9,14H,3,10-13H2,1-2H3,(H,23,26). The average molecular weight is 396 g/mol. The fourth-order valence-electron chi connectivity index (χ4n) is 3.19. The van der Waals surface area contributed by atoms with Crippen molar-refractivity contribution in [3.05, 3.63) is 59.4 Å². The molecule has 0 saturated carbocycles. The lowest BCUT2D eigenvalue weighted by atomic mass is 10.1. The minimum atomic E-state index is -0.544. The number of rotatable bonds is 5. The number of aromatic nitrogens is 1. The van der Waals surface area contributed by atoms with E-state index in [0.717, 1.165) is 19.6 Å². The number of benzene rings is 1. The smallest absolute Gasteiger partial charge is 0.339 e. The lowest BCUT2D eigenvalue weighted by Crippen LogP contribution is -2.48. The number of pyridine rings is 1. The highest BCUT2D eigenvalue weighted by Gasteiger charge is 2.23. The monoisotopic (exact) mass is 396 g/mol. The normalized spacial score (nSPS) is 14.3. The number of hydrogen-bond donors (Lipinski definition) is 1. The summed E-state index contributed by atoms with van der Waals surface area (Å²) in [5.41, 5.74) is 1.10. The van der Waals surface area contributed by atoms with E-state index >= 15 is 0 Å². The number of likely N-dealkylation sites (N-methyl/N-ethyl adjacent to an activating group) is 1. The molecule has 0 spiro atoms. The van der Waals surface area contributed by atoms with Crippen LogP contribution in [0.4, 0.5) is 5.69 Å². The number of esters is 1. The van der Waals surface area contributed by atoms with Gasteiger partial charge in [-0.3, -0.25) is 14.6 Å². The SMILES string of the molecule is CCN1CCN(C(=O)c2cc(C(=O)Nc3ccccc3C(=O)OC)ccn2)CC1. The first-order valence-electron chi connectivity index (χ1n) is 9.50. The van der Waals surface area contributed by atoms with Crippen molar-refractivity contribution in [2.75, 3.05) is 45.2 Å². The highest BCUT2D eigenvalue weighted by atomic mass is 16.5. The predicted octanol–water partition coefficient (Wildman–Crippen LogP) is 1.90. The van der Waals surface area contributed by atoms with E-state index in [1.54, 1.807) is 29.2 Å². The van der Waals surface area contributed by atoms with Gasteiger partial charge in [0.2, 0.25) is 0 Å². The number of carbonyl (C=O) groups is 3. The van der Waals surface area contributed by atoms with Crippen LogP contribution < -0.4 is 5.32 Å². The predicted molar refractivity (Wildman–Crippen MR) is 108 cm³/mol. The van der Waals surface area contributed by atoms with Gasteiger partial charge in [0.15, 0.2) is 0 Å². The molecule has 0 radical (unpaired) electrons. The molecular formula is C21H24N4O4. The van der Waals surface area contributed by atoms with Crippen molar-refractivity contribution in [1.29, 1.82) is 0 Å². The van der Waals surface area contributed by atoms with E-state index in [2.05, 4.69) is 22.1 Å². The Morgan fingerprint density at radius 2 is 1.83 bits per heavy atom. The van der Waals surface area contributed by atoms with Gasteiger partial charge in [0.1, 0.15) is 5.69 Å². The second-order valence-corrected chi connectivity index (χ2v) is 6.65. The Hall–Kier alpha value is -3.26. The van der Waals surface area contributed by atoms with E-state index in [0.29, 0.717) is 18.8 Å². The number of hydrogen-bond acceptors (Lipinski definition) is 6. The maximum atomic E-state index is 12.8. The molecule has 1 N–H and O–H groups in total. The van der Waals surface area contributed by atoms with Gasteiger partial charge in [0.25, 0.3) is 11.8 Å². The van der Waals surface area contributed by atoms with Crippen LogP contribution in [-0.4, -0.2) is 72.4 Å². The molecule has 2 aromatic rings. The van der Waals surface area contributed by atoms with Crippen molar-refractivity contribution in [2.45, 2.75) is 6.92 Å². The Bertz CT molecular complexity index is 907. The fourth-order valence-corrected chi connectivity index (χ4v) is 3.19. The number of methoxy groups -OCH3 is 1. The number of para-hydroxylation sites is 1. The first-order chi connectivity index (χ1) is 14.0. The van der Waals surface area contributed by atoms with E-state index in [4.69, 9.17) is 4.74 Å². The molecule has 2 amide bonds. The summed E-state index contributed by atoms with van der Waals surface area (Å²) in [6, 6.07) is 9.58. The molecule has 1 fully saturated rings. The third kappa shape index (κ3) is 4.78. The van der Waals surface area contributed by atoms with Crippen LogP contribution in [0.3, 0.4) is 0 Å². The van der Waals surface area contributed by atoms with Gasteiger partial charge < -0.3 is 19.9 Å². The molecule has 1 saturated heterocycles. The Balaban J connectivity index is 1.74. The third-order valence-corrected chi connectivity index (χ3v) is 4.93. The number of ether oxygens (including phenoxy) is 1. The van der Waals surface area contributed by atoms with Crippen molar-refractivity contribution in [3.63, 3.8) is 0 Å².